The molecule has 0 amide bonds. The van der Waals surface area contributed by atoms with Crippen LogP contribution in [-0.2, 0) is 14.9 Å². The molecule has 5 nitrogen and oxygen atoms in total. The molecular formula is C10H20N2O3S. The molecule has 1 atom stereocenters. The van der Waals surface area contributed by atoms with Crippen LogP contribution in [0.25, 0.3) is 0 Å². The van der Waals surface area contributed by atoms with Crippen LogP contribution in [0.2, 0.25) is 0 Å². The molecule has 2 aliphatic rings. The highest BCUT2D eigenvalue weighted by atomic mass is 32.2. The second kappa shape index (κ2) is 5.44. The first-order valence-corrected chi connectivity index (χ1v) is 7.49. The molecule has 94 valence electrons. The van der Waals surface area contributed by atoms with Crippen LogP contribution in [0, 0.1) is 0 Å². The van der Waals surface area contributed by atoms with Gasteiger partial charge in [-0.2, -0.15) is 17.4 Å². The van der Waals surface area contributed by atoms with Crippen molar-refractivity contribution < 1.29 is 13.2 Å². The molecule has 0 aromatic carbocycles. The molecule has 0 aromatic rings. The summed E-state index contributed by atoms with van der Waals surface area (Å²) in [7, 11) is -3.27. The molecule has 0 radical (unpaired) electrons. The topological polar surface area (TPSA) is 58.6 Å². The SMILES string of the molecule is O=S(=O)(NC[C@H]1CCCO1)N1CCCCC1. The summed E-state index contributed by atoms with van der Waals surface area (Å²) in [5.41, 5.74) is 0. The predicted octanol–water partition coefficient (Wildman–Crippen LogP) is 0.486. The molecule has 2 heterocycles. The zero-order valence-corrected chi connectivity index (χ0v) is 10.3. The van der Waals surface area contributed by atoms with Crippen LogP contribution >= 0.6 is 0 Å². The molecule has 0 saturated carbocycles. The standard InChI is InChI=1S/C10H20N2O3S/c13-16(14,12-6-2-1-3-7-12)11-9-10-5-4-8-15-10/h10-11H,1-9H2/t10-/m1/s1. The first kappa shape index (κ1) is 12.3. The summed E-state index contributed by atoms with van der Waals surface area (Å²) >= 11 is 0. The van der Waals surface area contributed by atoms with Crippen molar-refractivity contribution in [1.29, 1.82) is 0 Å². The Labute approximate surface area is 97.3 Å². The summed E-state index contributed by atoms with van der Waals surface area (Å²) in [6.07, 6.45) is 5.15. The van der Waals surface area contributed by atoms with Gasteiger partial charge in [-0.05, 0) is 25.7 Å². The van der Waals surface area contributed by atoms with E-state index in [0.717, 1.165) is 38.7 Å². The number of nitrogens with one attached hydrogen (secondary N) is 1. The minimum absolute atomic E-state index is 0.0690. The Hall–Kier alpha value is -0.170. The molecule has 0 bridgehead atoms. The maximum absolute atomic E-state index is 11.9. The number of piperidine rings is 1. The van der Waals surface area contributed by atoms with Gasteiger partial charge in [0.25, 0.3) is 10.2 Å². The highest BCUT2D eigenvalue weighted by molar-refractivity contribution is 7.87. The van der Waals surface area contributed by atoms with E-state index < -0.39 is 10.2 Å². The highest BCUT2D eigenvalue weighted by Gasteiger charge is 2.25. The third kappa shape index (κ3) is 3.16. The van der Waals surface area contributed by atoms with E-state index in [9.17, 15) is 8.42 Å². The Bertz CT molecular complexity index is 306. The molecule has 16 heavy (non-hydrogen) atoms. The van der Waals surface area contributed by atoms with E-state index in [4.69, 9.17) is 4.74 Å². The predicted molar refractivity (Wildman–Crippen MR) is 61.3 cm³/mol. The minimum atomic E-state index is -3.27. The summed E-state index contributed by atoms with van der Waals surface area (Å²) in [6.45, 7) is 2.48. The Morgan fingerprint density at radius 2 is 1.94 bits per heavy atom. The van der Waals surface area contributed by atoms with Crippen LogP contribution in [0.3, 0.4) is 0 Å². The lowest BCUT2D eigenvalue weighted by atomic mass is 10.2. The van der Waals surface area contributed by atoms with Crippen molar-refractivity contribution >= 4 is 10.2 Å². The van der Waals surface area contributed by atoms with E-state index in [2.05, 4.69) is 4.72 Å². The molecule has 0 unspecified atom stereocenters. The molecule has 1 N–H and O–H groups in total. The van der Waals surface area contributed by atoms with Gasteiger partial charge >= 0.3 is 0 Å². The van der Waals surface area contributed by atoms with Gasteiger partial charge in [-0.3, -0.25) is 0 Å². The first-order valence-electron chi connectivity index (χ1n) is 6.05. The van der Waals surface area contributed by atoms with Crippen molar-refractivity contribution in [2.24, 2.45) is 0 Å². The van der Waals surface area contributed by atoms with Crippen LogP contribution in [0.4, 0.5) is 0 Å². The highest BCUT2D eigenvalue weighted by Crippen LogP contribution is 2.14. The molecule has 6 heteroatoms. The Morgan fingerprint density at radius 3 is 2.56 bits per heavy atom. The van der Waals surface area contributed by atoms with E-state index in [1.54, 1.807) is 4.31 Å². The van der Waals surface area contributed by atoms with Crippen LogP contribution in [0.15, 0.2) is 0 Å². The largest absolute Gasteiger partial charge is 0.377 e. The monoisotopic (exact) mass is 248 g/mol. The summed E-state index contributed by atoms with van der Waals surface area (Å²) in [5, 5.41) is 0. The van der Waals surface area contributed by atoms with Crippen molar-refractivity contribution in [1.82, 2.24) is 9.03 Å². The van der Waals surface area contributed by atoms with Crippen LogP contribution in [0.1, 0.15) is 32.1 Å². The van der Waals surface area contributed by atoms with Crippen molar-refractivity contribution in [2.75, 3.05) is 26.2 Å². The van der Waals surface area contributed by atoms with Crippen molar-refractivity contribution in [3.8, 4) is 0 Å². The minimum Gasteiger partial charge on any atom is -0.377 e. The lowest BCUT2D eigenvalue weighted by Crippen LogP contribution is -2.45. The molecular weight excluding hydrogens is 228 g/mol. The van der Waals surface area contributed by atoms with Gasteiger partial charge in [-0.25, -0.2) is 0 Å². The zero-order chi connectivity index (χ0) is 11.4. The van der Waals surface area contributed by atoms with Crippen LogP contribution in [0.5, 0.6) is 0 Å². The zero-order valence-electron chi connectivity index (χ0n) is 9.52. The average Bonchev–Trinajstić information content (AvgIpc) is 2.81. The van der Waals surface area contributed by atoms with Gasteiger partial charge < -0.3 is 4.74 Å². The molecule has 0 spiro atoms. The number of rotatable bonds is 4. The smallest absolute Gasteiger partial charge is 0.279 e. The van der Waals surface area contributed by atoms with E-state index in [1.165, 1.54) is 0 Å². The van der Waals surface area contributed by atoms with E-state index in [-0.39, 0.29) is 6.10 Å². The van der Waals surface area contributed by atoms with Crippen molar-refractivity contribution in [3.63, 3.8) is 0 Å². The normalized spacial score (nSPS) is 28.4. The van der Waals surface area contributed by atoms with Crippen molar-refractivity contribution in [2.45, 2.75) is 38.2 Å². The van der Waals surface area contributed by atoms with Crippen LogP contribution in [-0.4, -0.2) is 45.1 Å². The molecule has 0 aliphatic carbocycles. The summed E-state index contributed by atoms with van der Waals surface area (Å²) < 4.78 is 33.4. The third-order valence-corrected chi connectivity index (χ3v) is 4.75. The van der Waals surface area contributed by atoms with Gasteiger partial charge in [0.2, 0.25) is 0 Å². The van der Waals surface area contributed by atoms with E-state index >= 15 is 0 Å². The van der Waals surface area contributed by atoms with Gasteiger partial charge in [0.15, 0.2) is 0 Å². The first-order chi connectivity index (χ1) is 7.68. The molecule has 2 saturated heterocycles. The van der Waals surface area contributed by atoms with Gasteiger partial charge in [-0.15, -0.1) is 0 Å². The Morgan fingerprint density at radius 1 is 1.19 bits per heavy atom. The maximum atomic E-state index is 11.9. The summed E-state index contributed by atoms with van der Waals surface area (Å²) in [4.78, 5) is 0. The second-order valence-electron chi connectivity index (χ2n) is 4.45. The Balaban J connectivity index is 1.81. The quantitative estimate of drug-likeness (QED) is 0.787. The molecule has 2 rings (SSSR count). The summed E-state index contributed by atoms with van der Waals surface area (Å²) in [5.74, 6) is 0. The maximum Gasteiger partial charge on any atom is 0.279 e. The fraction of sp³-hybridized carbons (Fsp3) is 1.00. The van der Waals surface area contributed by atoms with Gasteiger partial charge in [0.1, 0.15) is 0 Å². The number of hydrogen-bond acceptors (Lipinski definition) is 3. The molecule has 2 fully saturated rings. The lowest BCUT2D eigenvalue weighted by Gasteiger charge is -2.26. The molecule has 0 aromatic heterocycles. The lowest BCUT2D eigenvalue weighted by molar-refractivity contribution is 0.114. The van der Waals surface area contributed by atoms with E-state index in [0.29, 0.717) is 19.6 Å². The number of ether oxygens (including phenoxy) is 1. The fourth-order valence-corrected chi connectivity index (χ4v) is 3.52. The number of nitrogens with zero attached hydrogens (tertiary/aromatic N) is 1. The fourth-order valence-electron chi connectivity index (χ4n) is 2.20. The second-order valence-corrected chi connectivity index (χ2v) is 6.20. The summed E-state index contributed by atoms with van der Waals surface area (Å²) in [6, 6.07) is 0. The molecule has 2 aliphatic heterocycles. The van der Waals surface area contributed by atoms with Crippen LogP contribution < -0.4 is 4.72 Å². The number of hydrogen-bond donors (Lipinski definition) is 1. The third-order valence-electron chi connectivity index (χ3n) is 3.17. The Kier molecular flexibility index (Phi) is 4.18. The average molecular weight is 248 g/mol. The van der Waals surface area contributed by atoms with Gasteiger partial charge in [-0.1, -0.05) is 6.42 Å². The van der Waals surface area contributed by atoms with Gasteiger partial charge in [0, 0.05) is 26.2 Å². The van der Waals surface area contributed by atoms with Crippen molar-refractivity contribution in [3.05, 3.63) is 0 Å². The van der Waals surface area contributed by atoms with Gasteiger partial charge in [0.05, 0.1) is 6.10 Å². The van der Waals surface area contributed by atoms with E-state index in [1.807, 2.05) is 0 Å².